The molecule has 0 fully saturated rings. The summed E-state index contributed by atoms with van der Waals surface area (Å²) in [6.45, 7) is 1.45. The molecule has 0 bridgehead atoms. The maximum Gasteiger partial charge on any atom is 0.245 e. The van der Waals surface area contributed by atoms with Gasteiger partial charge in [-0.1, -0.05) is 78.4 Å². The lowest BCUT2D eigenvalue weighted by Crippen LogP contribution is -2.45. The smallest absolute Gasteiger partial charge is 0.245 e. The Kier molecular flexibility index (Phi) is 5.20. The molecule has 2 N–H and O–H groups in total. The van der Waals surface area contributed by atoms with E-state index in [4.69, 9.17) is 9.47 Å². The van der Waals surface area contributed by atoms with E-state index in [1.54, 1.807) is 11.0 Å². The topological polar surface area (TPSA) is 79.2 Å². The molecule has 6 nitrogen and oxygen atoms in total. The van der Waals surface area contributed by atoms with Crippen LogP contribution in [0.2, 0.25) is 0 Å². The molecule has 2 aliphatic rings. The largest absolute Gasteiger partial charge is 0.507 e. The quantitative estimate of drug-likeness (QED) is 0.428. The van der Waals surface area contributed by atoms with Gasteiger partial charge in [0.25, 0.3) is 0 Å². The molecule has 0 spiro atoms. The van der Waals surface area contributed by atoms with Crippen molar-refractivity contribution in [2.75, 3.05) is 18.3 Å². The number of aliphatic hydroxyl groups is 1. The summed E-state index contributed by atoms with van der Waals surface area (Å²) in [5.74, 6) is 0.380. The first-order valence-corrected chi connectivity index (χ1v) is 11.8. The van der Waals surface area contributed by atoms with Gasteiger partial charge in [0.05, 0.1) is 12.6 Å². The molecular weight excluding hydrogens is 454 g/mol. The van der Waals surface area contributed by atoms with E-state index in [-0.39, 0.29) is 24.0 Å². The highest BCUT2D eigenvalue weighted by atomic mass is 16.7. The molecule has 1 amide bonds. The molecule has 0 aliphatic carbocycles. The number of phenolic OH excluding ortho intramolecular Hbond substituents is 1. The standard InChI is InChI=1S/C30H25NO5/c1-19-12-13-24-22(14-19)30(17-32,23-15-26-27(16-25(23)33)36-18-35-26)29(34)31(24)28(20-8-4-2-5-9-20)21-10-6-3-7-11-21/h2-16,28,32-33H,17-18H2,1H3. The van der Waals surface area contributed by atoms with E-state index < -0.39 is 18.1 Å². The van der Waals surface area contributed by atoms with Crippen molar-refractivity contribution < 1.29 is 24.5 Å². The number of hydrogen-bond donors (Lipinski definition) is 2. The van der Waals surface area contributed by atoms with Gasteiger partial charge in [0.15, 0.2) is 11.5 Å². The second-order valence-corrected chi connectivity index (χ2v) is 9.21. The number of phenols is 1. The Hall–Kier alpha value is -4.29. The SMILES string of the molecule is Cc1ccc2c(c1)C(CO)(c1cc3c(cc1O)OCO3)C(=O)N2C(c1ccccc1)c1ccccc1. The first-order valence-electron chi connectivity index (χ1n) is 11.8. The van der Waals surface area contributed by atoms with Crippen LogP contribution in [0.25, 0.3) is 0 Å². The molecule has 2 aliphatic heterocycles. The van der Waals surface area contributed by atoms with Crippen molar-refractivity contribution in [3.63, 3.8) is 0 Å². The number of carbonyl (C=O) groups excluding carboxylic acids is 1. The summed E-state index contributed by atoms with van der Waals surface area (Å²) in [7, 11) is 0. The van der Waals surface area contributed by atoms with Gasteiger partial charge in [-0.15, -0.1) is 0 Å². The van der Waals surface area contributed by atoms with Crippen LogP contribution in [-0.4, -0.2) is 29.5 Å². The van der Waals surface area contributed by atoms with Crippen molar-refractivity contribution >= 4 is 11.6 Å². The Balaban J connectivity index is 1.62. The van der Waals surface area contributed by atoms with Gasteiger partial charge >= 0.3 is 0 Å². The highest BCUT2D eigenvalue weighted by Crippen LogP contribution is 2.54. The van der Waals surface area contributed by atoms with Gasteiger partial charge in [-0.2, -0.15) is 0 Å². The summed E-state index contributed by atoms with van der Waals surface area (Å²) in [4.78, 5) is 16.4. The molecule has 2 heterocycles. The van der Waals surface area contributed by atoms with Crippen LogP contribution in [-0.2, 0) is 10.2 Å². The fourth-order valence-corrected chi connectivity index (χ4v) is 5.42. The molecule has 1 atom stereocenters. The molecule has 180 valence electrons. The molecule has 0 radical (unpaired) electrons. The van der Waals surface area contributed by atoms with Gasteiger partial charge in [0.1, 0.15) is 11.2 Å². The molecule has 4 aromatic carbocycles. The van der Waals surface area contributed by atoms with Crippen LogP contribution in [0.5, 0.6) is 17.2 Å². The normalized spacial score (nSPS) is 18.1. The van der Waals surface area contributed by atoms with Crippen LogP contribution in [0.1, 0.15) is 33.9 Å². The highest BCUT2D eigenvalue weighted by molar-refractivity contribution is 6.12. The zero-order chi connectivity index (χ0) is 24.9. The maximum absolute atomic E-state index is 14.7. The number of aliphatic hydroxyl groups excluding tert-OH is 1. The molecule has 0 saturated heterocycles. The first-order chi connectivity index (χ1) is 17.5. The third-order valence-corrected chi connectivity index (χ3v) is 7.13. The average Bonchev–Trinajstić information content (AvgIpc) is 3.45. The van der Waals surface area contributed by atoms with Crippen LogP contribution in [0.3, 0.4) is 0 Å². The van der Waals surface area contributed by atoms with E-state index in [1.807, 2.05) is 85.8 Å². The Morgan fingerprint density at radius 1 is 0.861 bits per heavy atom. The zero-order valence-corrected chi connectivity index (χ0v) is 19.7. The number of anilines is 1. The van der Waals surface area contributed by atoms with Gasteiger partial charge in [0.2, 0.25) is 12.7 Å². The fraction of sp³-hybridized carbons (Fsp3) is 0.167. The van der Waals surface area contributed by atoms with Crippen molar-refractivity contribution in [2.24, 2.45) is 0 Å². The summed E-state index contributed by atoms with van der Waals surface area (Å²) < 4.78 is 11.0. The third-order valence-electron chi connectivity index (χ3n) is 7.13. The second-order valence-electron chi connectivity index (χ2n) is 9.21. The molecule has 1 unspecified atom stereocenters. The van der Waals surface area contributed by atoms with E-state index in [2.05, 4.69) is 0 Å². The number of hydrogen-bond acceptors (Lipinski definition) is 5. The predicted octanol–water partition coefficient (Wildman–Crippen LogP) is 4.84. The van der Waals surface area contributed by atoms with Crippen molar-refractivity contribution in [3.8, 4) is 17.2 Å². The number of benzene rings is 4. The van der Waals surface area contributed by atoms with E-state index in [0.29, 0.717) is 22.7 Å². The summed E-state index contributed by atoms with van der Waals surface area (Å²) in [5.41, 5.74) is 2.91. The Labute approximate surface area is 209 Å². The second kappa shape index (κ2) is 8.43. The van der Waals surface area contributed by atoms with Crippen molar-refractivity contribution in [3.05, 3.63) is 119 Å². The lowest BCUT2D eigenvalue weighted by Gasteiger charge is -2.33. The van der Waals surface area contributed by atoms with E-state index in [1.165, 1.54) is 6.07 Å². The average molecular weight is 480 g/mol. The van der Waals surface area contributed by atoms with E-state index >= 15 is 0 Å². The van der Waals surface area contributed by atoms with Crippen LogP contribution >= 0.6 is 0 Å². The van der Waals surface area contributed by atoms with Gasteiger partial charge in [0, 0.05) is 17.3 Å². The Morgan fingerprint density at radius 2 is 1.47 bits per heavy atom. The molecule has 0 saturated carbocycles. The molecule has 6 heteroatoms. The molecule has 0 aromatic heterocycles. The van der Waals surface area contributed by atoms with Crippen LogP contribution in [0.15, 0.2) is 91.0 Å². The van der Waals surface area contributed by atoms with Gasteiger partial charge in [-0.05, 0) is 35.7 Å². The summed E-state index contributed by atoms with van der Waals surface area (Å²) in [5, 5.41) is 22.0. The summed E-state index contributed by atoms with van der Waals surface area (Å²) in [6.07, 6.45) is 0. The minimum Gasteiger partial charge on any atom is -0.507 e. The number of ether oxygens (including phenoxy) is 2. The van der Waals surface area contributed by atoms with Crippen molar-refractivity contribution in [1.82, 2.24) is 0 Å². The zero-order valence-electron chi connectivity index (χ0n) is 19.7. The van der Waals surface area contributed by atoms with Crippen LogP contribution in [0, 0.1) is 6.92 Å². The summed E-state index contributed by atoms with van der Waals surface area (Å²) in [6, 6.07) is 28.1. The number of nitrogens with zero attached hydrogens (tertiary/aromatic N) is 1. The maximum atomic E-state index is 14.7. The number of rotatable bonds is 5. The van der Waals surface area contributed by atoms with Gasteiger partial charge < -0.3 is 19.7 Å². The lowest BCUT2D eigenvalue weighted by atomic mass is 9.75. The molecule has 36 heavy (non-hydrogen) atoms. The minimum absolute atomic E-state index is 0.0320. The van der Waals surface area contributed by atoms with Gasteiger partial charge in [-0.3, -0.25) is 9.69 Å². The predicted molar refractivity (Wildman–Crippen MR) is 135 cm³/mol. The Bertz CT molecular complexity index is 1410. The highest BCUT2D eigenvalue weighted by Gasteiger charge is 2.55. The molecule has 6 rings (SSSR count). The first kappa shape index (κ1) is 22.2. The van der Waals surface area contributed by atoms with Crippen LogP contribution < -0.4 is 14.4 Å². The third kappa shape index (κ3) is 3.18. The van der Waals surface area contributed by atoms with Gasteiger partial charge in [-0.25, -0.2) is 0 Å². The van der Waals surface area contributed by atoms with E-state index in [9.17, 15) is 15.0 Å². The van der Waals surface area contributed by atoms with E-state index in [0.717, 1.165) is 16.7 Å². The number of aromatic hydroxyl groups is 1. The Morgan fingerprint density at radius 3 is 2.08 bits per heavy atom. The number of amides is 1. The monoisotopic (exact) mass is 479 g/mol. The van der Waals surface area contributed by atoms with Crippen LogP contribution in [0.4, 0.5) is 5.69 Å². The molecular formula is C30H25NO5. The van der Waals surface area contributed by atoms with Crippen molar-refractivity contribution in [2.45, 2.75) is 18.4 Å². The minimum atomic E-state index is -1.52. The lowest BCUT2D eigenvalue weighted by molar-refractivity contribution is -0.123. The number of fused-ring (bicyclic) bond motifs is 2. The molecule has 4 aromatic rings. The number of aryl methyl sites for hydroxylation is 1. The number of carbonyl (C=O) groups is 1. The fourth-order valence-electron chi connectivity index (χ4n) is 5.42. The summed E-state index contributed by atoms with van der Waals surface area (Å²) >= 11 is 0. The van der Waals surface area contributed by atoms with Crippen molar-refractivity contribution in [1.29, 1.82) is 0 Å².